The van der Waals surface area contributed by atoms with Crippen LogP contribution in [0, 0.1) is 13.8 Å². The lowest BCUT2D eigenvalue weighted by molar-refractivity contribution is 0.0983. The largest absolute Gasteiger partial charge is 0.496 e. The molecule has 7 nitrogen and oxygen atoms in total. The van der Waals surface area contributed by atoms with Crippen molar-refractivity contribution in [1.82, 2.24) is 14.8 Å². The van der Waals surface area contributed by atoms with Crippen LogP contribution >= 0.6 is 11.3 Å². The summed E-state index contributed by atoms with van der Waals surface area (Å²) in [6, 6.07) is 19.6. The number of fused-ring (bicyclic) bond motifs is 2. The summed E-state index contributed by atoms with van der Waals surface area (Å²) in [4.78, 5) is 20.7. The quantitative estimate of drug-likeness (QED) is 0.261. The summed E-state index contributed by atoms with van der Waals surface area (Å²) in [5.74, 6) is 1.08. The molecule has 0 unspecified atom stereocenters. The number of anilines is 1. The number of hydrogen-bond acceptors (Lipinski definition) is 6. The third kappa shape index (κ3) is 4.52. The molecule has 3 aromatic carbocycles. The van der Waals surface area contributed by atoms with E-state index in [1.54, 1.807) is 12.0 Å². The highest BCUT2D eigenvalue weighted by molar-refractivity contribution is 7.22. The number of carbonyl (C=O) groups excluding carboxylic acids is 1. The number of carbonyl (C=O) groups is 1. The zero-order valence-electron chi connectivity index (χ0n) is 20.8. The van der Waals surface area contributed by atoms with Gasteiger partial charge in [0.05, 0.1) is 36.2 Å². The standard InChI is InChI=1S/C28H28N4O3S/c1-5-35-23-11-8-12-25-26(23)29-28(36-25)31(13-14-32-19(3)15-18(2)30-32)27(33)22-16-20-9-6-7-10-21(20)17-24(22)34-4/h6-12,15-17H,5,13-14H2,1-4H3. The summed E-state index contributed by atoms with van der Waals surface area (Å²) >= 11 is 1.47. The van der Waals surface area contributed by atoms with Crippen LogP contribution in [0.5, 0.6) is 11.5 Å². The number of nitrogens with zero attached hydrogens (tertiary/aromatic N) is 4. The Labute approximate surface area is 213 Å². The van der Waals surface area contributed by atoms with Crippen molar-refractivity contribution in [3.8, 4) is 11.5 Å². The number of rotatable bonds is 8. The number of hydrogen-bond donors (Lipinski definition) is 0. The molecule has 0 aliphatic heterocycles. The van der Waals surface area contributed by atoms with Crippen LogP contribution in [0.25, 0.3) is 21.0 Å². The number of ether oxygens (including phenoxy) is 2. The van der Waals surface area contributed by atoms with Crippen LogP contribution in [0.3, 0.4) is 0 Å². The van der Waals surface area contributed by atoms with Crippen LogP contribution in [0.1, 0.15) is 28.7 Å². The van der Waals surface area contributed by atoms with Gasteiger partial charge in [0.1, 0.15) is 17.0 Å². The van der Waals surface area contributed by atoms with Gasteiger partial charge in [-0.05, 0) is 61.9 Å². The Morgan fingerprint density at radius 1 is 1.03 bits per heavy atom. The van der Waals surface area contributed by atoms with E-state index in [9.17, 15) is 4.79 Å². The molecule has 5 aromatic rings. The second kappa shape index (κ2) is 9.99. The summed E-state index contributed by atoms with van der Waals surface area (Å²) in [6.45, 7) is 7.42. The normalized spacial score (nSPS) is 11.2. The van der Waals surface area contributed by atoms with Crippen LogP contribution in [0.4, 0.5) is 5.13 Å². The monoisotopic (exact) mass is 500 g/mol. The minimum Gasteiger partial charge on any atom is -0.496 e. The number of amides is 1. The van der Waals surface area contributed by atoms with Gasteiger partial charge in [-0.15, -0.1) is 0 Å². The van der Waals surface area contributed by atoms with Gasteiger partial charge in [-0.25, -0.2) is 4.98 Å². The van der Waals surface area contributed by atoms with Gasteiger partial charge >= 0.3 is 0 Å². The summed E-state index contributed by atoms with van der Waals surface area (Å²) in [5, 5.41) is 7.18. The van der Waals surface area contributed by atoms with E-state index in [0.29, 0.717) is 41.9 Å². The average molecular weight is 501 g/mol. The molecule has 0 saturated carbocycles. The van der Waals surface area contributed by atoms with Crippen molar-refractivity contribution in [2.24, 2.45) is 0 Å². The van der Waals surface area contributed by atoms with Gasteiger partial charge < -0.3 is 9.47 Å². The Bertz CT molecular complexity index is 1560. The van der Waals surface area contributed by atoms with E-state index in [-0.39, 0.29) is 5.91 Å². The fourth-order valence-electron chi connectivity index (χ4n) is 4.38. The van der Waals surface area contributed by atoms with E-state index in [2.05, 4.69) is 5.10 Å². The Morgan fingerprint density at radius 3 is 2.50 bits per heavy atom. The first kappa shape index (κ1) is 23.8. The summed E-state index contributed by atoms with van der Waals surface area (Å²) < 4.78 is 14.3. The number of para-hydroxylation sites is 1. The molecule has 0 aliphatic carbocycles. The van der Waals surface area contributed by atoms with E-state index in [1.807, 2.05) is 86.1 Å². The Morgan fingerprint density at radius 2 is 1.81 bits per heavy atom. The van der Waals surface area contributed by atoms with Crippen molar-refractivity contribution in [2.45, 2.75) is 27.3 Å². The highest BCUT2D eigenvalue weighted by atomic mass is 32.1. The molecule has 0 bridgehead atoms. The van der Waals surface area contributed by atoms with E-state index in [0.717, 1.165) is 32.4 Å². The van der Waals surface area contributed by atoms with Crippen LogP contribution in [0.15, 0.2) is 60.7 Å². The number of benzene rings is 3. The molecular formula is C28H28N4O3S. The lowest BCUT2D eigenvalue weighted by Gasteiger charge is -2.22. The molecule has 0 radical (unpaired) electrons. The second-order valence-electron chi connectivity index (χ2n) is 8.54. The van der Waals surface area contributed by atoms with Crippen LogP contribution in [0.2, 0.25) is 0 Å². The molecule has 0 fully saturated rings. The van der Waals surface area contributed by atoms with E-state index in [1.165, 1.54) is 11.3 Å². The SMILES string of the molecule is CCOc1cccc2sc(N(CCn3nc(C)cc3C)C(=O)c3cc4ccccc4cc3OC)nc12. The third-order valence-corrected chi connectivity index (χ3v) is 7.13. The molecule has 8 heteroatoms. The van der Waals surface area contributed by atoms with Gasteiger partial charge in [0.25, 0.3) is 5.91 Å². The van der Waals surface area contributed by atoms with Crippen molar-refractivity contribution in [3.05, 3.63) is 77.6 Å². The van der Waals surface area contributed by atoms with E-state index >= 15 is 0 Å². The third-order valence-electron chi connectivity index (χ3n) is 6.08. The molecule has 0 atom stereocenters. The van der Waals surface area contributed by atoms with Crippen LogP contribution in [-0.4, -0.2) is 40.9 Å². The molecule has 0 N–H and O–H groups in total. The fourth-order valence-corrected chi connectivity index (χ4v) is 5.39. The van der Waals surface area contributed by atoms with E-state index in [4.69, 9.17) is 14.5 Å². The Kier molecular flexibility index (Phi) is 6.61. The minimum absolute atomic E-state index is 0.170. The summed E-state index contributed by atoms with van der Waals surface area (Å²) in [7, 11) is 1.59. The first-order valence-corrected chi connectivity index (χ1v) is 12.7. The molecule has 1 amide bonds. The van der Waals surface area contributed by atoms with E-state index < -0.39 is 0 Å². The first-order chi connectivity index (χ1) is 17.5. The maximum absolute atomic E-state index is 14.1. The molecule has 0 saturated heterocycles. The van der Waals surface area contributed by atoms with Crippen LogP contribution < -0.4 is 14.4 Å². The summed E-state index contributed by atoms with van der Waals surface area (Å²) in [5.41, 5.74) is 3.25. The molecule has 0 spiro atoms. The number of aryl methyl sites for hydroxylation is 2. The molecule has 5 rings (SSSR count). The van der Waals surface area contributed by atoms with Crippen molar-refractivity contribution in [2.75, 3.05) is 25.2 Å². The molecule has 0 aliphatic rings. The van der Waals surface area contributed by atoms with Crippen molar-refractivity contribution < 1.29 is 14.3 Å². The van der Waals surface area contributed by atoms with Gasteiger partial charge in [-0.3, -0.25) is 14.4 Å². The number of methoxy groups -OCH3 is 1. The molecule has 2 heterocycles. The lowest BCUT2D eigenvalue weighted by Crippen LogP contribution is -2.34. The smallest absolute Gasteiger partial charge is 0.263 e. The van der Waals surface area contributed by atoms with Gasteiger partial charge in [-0.1, -0.05) is 41.7 Å². The summed E-state index contributed by atoms with van der Waals surface area (Å²) in [6.07, 6.45) is 0. The molecule has 184 valence electrons. The van der Waals surface area contributed by atoms with Crippen molar-refractivity contribution in [3.63, 3.8) is 0 Å². The van der Waals surface area contributed by atoms with Gasteiger partial charge in [0.15, 0.2) is 5.13 Å². The minimum atomic E-state index is -0.170. The maximum Gasteiger partial charge on any atom is 0.263 e. The van der Waals surface area contributed by atoms with Gasteiger partial charge in [0.2, 0.25) is 0 Å². The lowest BCUT2D eigenvalue weighted by atomic mass is 10.0. The number of thiazole rings is 1. The Hall–Kier alpha value is -3.91. The van der Waals surface area contributed by atoms with Crippen LogP contribution in [-0.2, 0) is 6.54 Å². The van der Waals surface area contributed by atoms with Gasteiger partial charge in [-0.2, -0.15) is 5.10 Å². The second-order valence-corrected chi connectivity index (χ2v) is 9.55. The van der Waals surface area contributed by atoms with Gasteiger partial charge in [0, 0.05) is 12.2 Å². The zero-order valence-corrected chi connectivity index (χ0v) is 21.6. The maximum atomic E-state index is 14.1. The number of aromatic nitrogens is 3. The topological polar surface area (TPSA) is 69.5 Å². The first-order valence-electron chi connectivity index (χ1n) is 11.9. The average Bonchev–Trinajstić information content (AvgIpc) is 3.46. The van der Waals surface area contributed by atoms with Crippen molar-refractivity contribution in [1.29, 1.82) is 0 Å². The molecule has 36 heavy (non-hydrogen) atoms. The molecule has 2 aromatic heterocycles. The predicted octanol–water partition coefficient (Wildman–Crippen LogP) is 6.02. The zero-order chi connectivity index (χ0) is 25.2. The highest BCUT2D eigenvalue weighted by Crippen LogP contribution is 2.36. The highest BCUT2D eigenvalue weighted by Gasteiger charge is 2.25. The molecular weight excluding hydrogens is 472 g/mol. The Balaban J connectivity index is 1.59. The predicted molar refractivity (Wildman–Crippen MR) is 145 cm³/mol. The fraction of sp³-hybridized carbons (Fsp3) is 0.250. The van der Waals surface area contributed by atoms with Crippen molar-refractivity contribution >= 4 is 43.4 Å².